The van der Waals surface area contributed by atoms with Gasteiger partial charge in [0.1, 0.15) is 19.5 Å². The number of rotatable bonds is 1. The van der Waals surface area contributed by atoms with Crippen LogP contribution in [-0.4, -0.2) is 31.1 Å². The van der Waals surface area contributed by atoms with Crippen molar-refractivity contribution in [1.29, 1.82) is 0 Å². The summed E-state index contributed by atoms with van der Waals surface area (Å²) in [5, 5.41) is 0. The number of carbonyl (C=O) groups is 2. The van der Waals surface area contributed by atoms with Gasteiger partial charge in [-0.15, -0.1) is 46.4 Å². The maximum atomic E-state index is 13.8. The summed E-state index contributed by atoms with van der Waals surface area (Å²) < 4.78 is 0. The van der Waals surface area contributed by atoms with Crippen LogP contribution >= 0.6 is 46.4 Å². The molecular formula is C22H16Cl4O2. The van der Waals surface area contributed by atoms with E-state index in [0.717, 1.165) is 16.7 Å². The van der Waals surface area contributed by atoms with Gasteiger partial charge in [-0.3, -0.25) is 9.59 Å². The van der Waals surface area contributed by atoms with Gasteiger partial charge in [-0.1, -0.05) is 53.6 Å². The Bertz CT molecular complexity index is 1090. The van der Waals surface area contributed by atoms with Gasteiger partial charge in [-0.2, -0.15) is 0 Å². The molecule has 4 saturated carbocycles. The summed E-state index contributed by atoms with van der Waals surface area (Å²) in [5.41, 5.74) is 1.18. The predicted molar refractivity (Wildman–Crippen MR) is 111 cm³/mol. The molecule has 0 heterocycles. The molecule has 6 heteroatoms. The standard InChI is InChI=1S/C22H16Cl4O2/c1-11-3-5-13(6-4-11)18-10-19(23)15(27)20(24)14-9-12(2)7-8-17(14,18)22(20,26)16(28)21(18,19)25/h3-9,14H,10H2,1-2H3. The zero-order valence-corrected chi connectivity index (χ0v) is 18.2. The first-order valence-corrected chi connectivity index (χ1v) is 10.8. The van der Waals surface area contributed by atoms with Crippen molar-refractivity contribution in [3.05, 3.63) is 59.2 Å². The highest BCUT2D eigenvalue weighted by Crippen LogP contribution is 2.94. The van der Waals surface area contributed by atoms with Crippen molar-refractivity contribution in [2.24, 2.45) is 11.3 Å². The first kappa shape index (κ1) is 18.0. The third-order valence-electron chi connectivity index (χ3n) is 8.24. The number of Topliss-reactive ketones (excluding diaryl/α,β-unsaturated/α-hetero) is 2. The van der Waals surface area contributed by atoms with Gasteiger partial charge in [0.05, 0.1) is 0 Å². The number of halogens is 4. The van der Waals surface area contributed by atoms with Crippen LogP contribution in [0.25, 0.3) is 0 Å². The fourth-order valence-corrected chi connectivity index (χ4v) is 9.80. The summed E-state index contributed by atoms with van der Waals surface area (Å²) in [5.74, 6) is -1.26. The molecule has 0 N–H and O–H groups in total. The zero-order chi connectivity index (χ0) is 20.1. The molecule has 4 fully saturated rings. The number of fused-ring (bicyclic) bond motifs is 1. The molecule has 0 radical (unpaired) electrons. The summed E-state index contributed by atoms with van der Waals surface area (Å²) in [4.78, 5) is 21.1. The van der Waals surface area contributed by atoms with E-state index >= 15 is 0 Å². The predicted octanol–water partition coefficient (Wildman–Crippen LogP) is 4.84. The van der Waals surface area contributed by atoms with Crippen LogP contribution < -0.4 is 0 Å². The smallest absolute Gasteiger partial charge is 0.181 e. The van der Waals surface area contributed by atoms with Gasteiger partial charge in [0.25, 0.3) is 0 Å². The van der Waals surface area contributed by atoms with E-state index in [1.54, 1.807) is 0 Å². The Balaban J connectivity index is 1.78. The molecule has 0 aromatic heterocycles. The Morgan fingerprint density at radius 1 is 0.929 bits per heavy atom. The van der Waals surface area contributed by atoms with Crippen LogP contribution in [0.1, 0.15) is 24.5 Å². The normalized spacial score (nSPS) is 54.6. The van der Waals surface area contributed by atoms with Crippen LogP contribution in [-0.2, 0) is 15.0 Å². The maximum Gasteiger partial charge on any atom is 0.181 e. The van der Waals surface area contributed by atoms with Crippen LogP contribution in [0.15, 0.2) is 48.1 Å². The third-order valence-corrected chi connectivity index (χ3v) is 11.3. The maximum absolute atomic E-state index is 13.8. The molecule has 0 saturated heterocycles. The second-order valence-corrected chi connectivity index (χ2v) is 11.4. The molecule has 1 aromatic carbocycles. The Labute approximate surface area is 182 Å². The molecule has 6 rings (SSSR count). The van der Waals surface area contributed by atoms with Gasteiger partial charge in [0, 0.05) is 16.7 Å². The van der Waals surface area contributed by atoms with E-state index in [1.165, 1.54) is 0 Å². The number of aryl methyl sites for hydroxylation is 1. The number of ketones is 2. The highest BCUT2D eigenvalue weighted by molar-refractivity contribution is 6.67. The van der Waals surface area contributed by atoms with Crippen LogP contribution in [0.3, 0.4) is 0 Å². The van der Waals surface area contributed by atoms with Crippen molar-refractivity contribution in [3.63, 3.8) is 0 Å². The SMILES string of the molecule is CC1=CC2C3(Cl)C(=O)C4(Cl)CC5(c6ccc(C)cc6)C4(Cl)C(=O)C3(Cl)C25C=C1. The molecule has 1 aromatic rings. The summed E-state index contributed by atoms with van der Waals surface area (Å²) >= 11 is 28.1. The molecule has 1 spiro atoms. The molecular weight excluding hydrogens is 438 g/mol. The lowest BCUT2D eigenvalue weighted by Gasteiger charge is -2.68. The summed E-state index contributed by atoms with van der Waals surface area (Å²) in [6, 6.07) is 7.93. The summed E-state index contributed by atoms with van der Waals surface area (Å²) in [6.45, 7) is 3.94. The van der Waals surface area contributed by atoms with E-state index in [9.17, 15) is 9.59 Å². The molecule has 0 amide bonds. The van der Waals surface area contributed by atoms with E-state index in [4.69, 9.17) is 46.4 Å². The molecule has 2 bridgehead atoms. The Morgan fingerprint density at radius 3 is 2.21 bits per heavy atom. The van der Waals surface area contributed by atoms with Gasteiger partial charge in [0.15, 0.2) is 11.6 Å². The van der Waals surface area contributed by atoms with Crippen LogP contribution in [0, 0.1) is 18.3 Å². The van der Waals surface area contributed by atoms with Crippen LogP contribution in [0.5, 0.6) is 0 Å². The first-order chi connectivity index (χ1) is 13.0. The Morgan fingerprint density at radius 2 is 1.57 bits per heavy atom. The number of allylic oxidation sites excluding steroid dienone is 4. The number of hydrogen-bond donors (Lipinski definition) is 0. The number of alkyl halides is 4. The molecule has 7 atom stereocenters. The minimum Gasteiger partial charge on any atom is -0.296 e. The average molecular weight is 454 g/mol. The molecule has 144 valence electrons. The second-order valence-electron chi connectivity index (χ2n) is 9.03. The van der Waals surface area contributed by atoms with Crippen LogP contribution in [0.4, 0.5) is 0 Å². The van der Waals surface area contributed by atoms with Gasteiger partial charge >= 0.3 is 0 Å². The van der Waals surface area contributed by atoms with Gasteiger partial charge < -0.3 is 0 Å². The molecule has 28 heavy (non-hydrogen) atoms. The largest absolute Gasteiger partial charge is 0.296 e. The first-order valence-electron chi connectivity index (χ1n) is 9.30. The van der Waals surface area contributed by atoms with Gasteiger partial charge in [0.2, 0.25) is 0 Å². The van der Waals surface area contributed by atoms with E-state index in [1.807, 2.05) is 56.3 Å². The third kappa shape index (κ3) is 1.17. The van der Waals surface area contributed by atoms with Crippen molar-refractivity contribution in [2.45, 2.75) is 45.2 Å². The lowest BCUT2D eigenvalue weighted by Crippen LogP contribution is -2.83. The molecule has 2 nitrogen and oxygen atoms in total. The van der Waals surface area contributed by atoms with Crippen molar-refractivity contribution in [1.82, 2.24) is 0 Å². The van der Waals surface area contributed by atoms with Gasteiger partial charge in [-0.25, -0.2) is 0 Å². The Kier molecular flexibility index (Phi) is 2.86. The number of benzene rings is 1. The molecule has 5 aliphatic rings. The zero-order valence-electron chi connectivity index (χ0n) is 15.2. The van der Waals surface area contributed by atoms with Crippen molar-refractivity contribution >= 4 is 58.0 Å². The quantitative estimate of drug-likeness (QED) is 0.570. The topological polar surface area (TPSA) is 34.1 Å². The Hall–Kier alpha value is -0.800. The average Bonchev–Trinajstić information content (AvgIpc) is 2.74. The lowest BCUT2D eigenvalue weighted by molar-refractivity contribution is -0.147. The molecule has 0 aliphatic heterocycles. The minimum absolute atomic E-state index is 0.245. The fraction of sp³-hybridized carbons (Fsp3) is 0.455. The van der Waals surface area contributed by atoms with E-state index in [0.29, 0.717) is 0 Å². The molecule has 7 unspecified atom stereocenters. The van der Waals surface area contributed by atoms with Crippen molar-refractivity contribution < 1.29 is 9.59 Å². The lowest BCUT2D eigenvalue weighted by atomic mass is 9.38. The van der Waals surface area contributed by atoms with Crippen LogP contribution in [0.2, 0.25) is 0 Å². The summed E-state index contributed by atoms with van der Waals surface area (Å²) in [6.07, 6.45) is 6.16. The van der Waals surface area contributed by atoms with Crippen molar-refractivity contribution in [3.8, 4) is 0 Å². The van der Waals surface area contributed by atoms with Gasteiger partial charge in [-0.05, 0) is 25.8 Å². The highest BCUT2D eigenvalue weighted by atomic mass is 35.5. The van der Waals surface area contributed by atoms with Crippen molar-refractivity contribution in [2.75, 3.05) is 0 Å². The molecule has 5 aliphatic carbocycles. The number of hydrogen-bond acceptors (Lipinski definition) is 2. The monoisotopic (exact) mass is 452 g/mol. The van der Waals surface area contributed by atoms with E-state index in [2.05, 4.69) is 0 Å². The summed E-state index contributed by atoms with van der Waals surface area (Å²) in [7, 11) is 0. The van der Waals surface area contributed by atoms with E-state index in [-0.39, 0.29) is 6.42 Å². The fourth-order valence-electron chi connectivity index (χ4n) is 7.15. The minimum atomic E-state index is -1.62. The highest BCUT2D eigenvalue weighted by Gasteiger charge is 3.07. The number of carbonyl (C=O) groups excluding carboxylic acids is 2. The second kappa shape index (κ2) is 4.44. The van der Waals surface area contributed by atoms with E-state index < -0.39 is 47.8 Å².